The van der Waals surface area contributed by atoms with Gasteiger partial charge < -0.3 is 10.4 Å². The molecule has 0 aromatic heterocycles. The van der Waals surface area contributed by atoms with Gasteiger partial charge in [0.05, 0.1) is 6.42 Å². The van der Waals surface area contributed by atoms with Gasteiger partial charge in [-0.25, -0.2) is 4.39 Å². The van der Waals surface area contributed by atoms with E-state index in [1.165, 1.54) is 21.6 Å². The molecule has 0 radical (unpaired) electrons. The number of nitrogens with one attached hydrogen (secondary N) is 1. The molecule has 1 aliphatic carbocycles. The molecule has 0 aromatic rings. The molecule has 0 bridgehead atoms. The van der Waals surface area contributed by atoms with E-state index in [4.69, 9.17) is 5.11 Å². The van der Waals surface area contributed by atoms with Crippen molar-refractivity contribution in [1.82, 2.24) is 5.32 Å². The zero-order valence-electron chi connectivity index (χ0n) is 9.86. The molecular formula is C11H16FNO3S2. The highest BCUT2D eigenvalue weighted by Gasteiger charge is 2.38. The predicted octanol–water partition coefficient (Wildman–Crippen LogP) is 2.02. The van der Waals surface area contributed by atoms with Crippen molar-refractivity contribution in [3.8, 4) is 0 Å². The van der Waals surface area contributed by atoms with E-state index in [9.17, 15) is 14.0 Å². The Balaban J connectivity index is 2.01. The minimum absolute atomic E-state index is 0.128. The van der Waals surface area contributed by atoms with E-state index in [1.54, 1.807) is 12.2 Å². The first-order valence-electron chi connectivity index (χ1n) is 5.63. The molecule has 4 nitrogen and oxygen atoms in total. The van der Waals surface area contributed by atoms with Gasteiger partial charge in [-0.15, -0.1) is 0 Å². The Kier molecular flexibility index (Phi) is 6.56. The van der Waals surface area contributed by atoms with Crippen LogP contribution in [0.1, 0.15) is 19.3 Å². The van der Waals surface area contributed by atoms with Crippen LogP contribution in [0.15, 0.2) is 12.2 Å². The Morgan fingerprint density at radius 1 is 1.28 bits per heavy atom. The summed E-state index contributed by atoms with van der Waals surface area (Å²) in [5.41, 5.74) is -1.76. The summed E-state index contributed by atoms with van der Waals surface area (Å²) in [6, 6.07) is 0. The number of halogens is 1. The Morgan fingerprint density at radius 2 is 1.89 bits per heavy atom. The molecule has 1 aliphatic rings. The summed E-state index contributed by atoms with van der Waals surface area (Å²) in [5.74, 6) is -0.196. The van der Waals surface area contributed by atoms with Gasteiger partial charge in [0.25, 0.3) is 5.91 Å². The number of hydrogen-bond donors (Lipinski definition) is 2. The number of allylic oxidation sites excluding steroid dienone is 2. The summed E-state index contributed by atoms with van der Waals surface area (Å²) >= 11 is 0. The lowest BCUT2D eigenvalue weighted by Crippen LogP contribution is -2.42. The van der Waals surface area contributed by atoms with Crippen molar-refractivity contribution < 1.29 is 19.1 Å². The number of amides is 1. The third-order valence-electron chi connectivity index (χ3n) is 2.41. The van der Waals surface area contributed by atoms with Gasteiger partial charge in [0.2, 0.25) is 0 Å². The van der Waals surface area contributed by atoms with Gasteiger partial charge in [0.15, 0.2) is 5.67 Å². The smallest absolute Gasteiger partial charge is 0.304 e. The van der Waals surface area contributed by atoms with Crippen molar-refractivity contribution in [2.75, 3.05) is 18.1 Å². The molecule has 2 N–H and O–H groups in total. The Labute approximate surface area is 113 Å². The second kappa shape index (κ2) is 7.68. The molecule has 18 heavy (non-hydrogen) atoms. The average molecular weight is 293 g/mol. The van der Waals surface area contributed by atoms with Crippen LogP contribution < -0.4 is 5.32 Å². The number of rotatable bonds is 8. The molecule has 1 rings (SSSR count). The van der Waals surface area contributed by atoms with E-state index >= 15 is 0 Å². The van der Waals surface area contributed by atoms with Gasteiger partial charge in [-0.05, 0) is 0 Å². The second-order valence-electron chi connectivity index (χ2n) is 3.89. The predicted molar refractivity (Wildman–Crippen MR) is 72.4 cm³/mol. The molecule has 0 saturated heterocycles. The molecule has 0 aliphatic heterocycles. The van der Waals surface area contributed by atoms with Crippen LogP contribution in [0.4, 0.5) is 4.39 Å². The quantitative estimate of drug-likeness (QED) is 0.407. The molecule has 102 valence electrons. The van der Waals surface area contributed by atoms with Crippen LogP contribution in [0.5, 0.6) is 0 Å². The van der Waals surface area contributed by atoms with Crippen LogP contribution in [-0.4, -0.2) is 40.7 Å². The first-order chi connectivity index (χ1) is 8.54. The van der Waals surface area contributed by atoms with Gasteiger partial charge in [-0.3, -0.25) is 9.59 Å². The van der Waals surface area contributed by atoms with Gasteiger partial charge in [-0.1, -0.05) is 33.7 Å². The summed E-state index contributed by atoms with van der Waals surface area (Å²) in [4.78, 5) is 21.8. The van der Waals surface area contributed by atoms with E-state index in [0.29, 0.717) is 18.1 Å². The average Bonchev–Trinajstić information content (AvgIpc) is 2.75. The van der Waals surface area contributed by atoms with Gasteiger partial charge in [0, 0.05) is 30.9 Å². The maximum absolute atomic E-state index is 13.9. The van der Waals surface area contributed by atoms with Crippen molar-refractivity contribution in [3.05, 3.63) is 12.2 Å². The number of carboxylic acids is 1. The minimum atomic E-state index is -1.76. The molecule has 0 unspecified atom stereocenters. The molecule has 0 fully saturated rings. The molecule has 1 amide bonds. The zero-order chi connectivity index (χ0) is 13.4. The molecule has 7 heteroatoms. The van der Waals surface area contributed by atoms with Crippen LogP contribution in [0, 0.1) is 0 Å². The molecular weight excluding hydrogens is 277 g/mol. The van der Waals surface area contributed by atoms with Crippen molar-refractivity contribution in [1.29, 1.82) is 0 Å². The maximum Gasteiger partial charge on any atom is 0.304 e. The summed E-state index contributed by atoms with van der Waals surface area (Å²) < 4.78 is 13.9. The van der Waals surface area contributed by atoms with Crippen LogP contribution >= 0.6 is 21.6 Å². The molecule has 0 saturated carbocycles. The number of carboxylic acid groups (broad SMARTS) is 1. The van der Waals surface area contributed by atoms with Crippen molar-refractivity contribution in [3.63, 3.8) is 0 Å². The van der Waals surface area contributed by atoms with Crippen LogP contribution in [-0.2, 0) is 9.59 Å². The Bertz CT molecular complexity index is 328. The maximum atomic E-state index is 13.9. The van der Waals surface area contributed by atoms with Gasteiger partial charge in [0.1, 0.15) is 0 Å². The zero-order valence-corrected chi connectivity index (χ0v) is 11.5. The Morgan fingerprint density at radius 3 is 2.50 bits per heavy atom. The fourth-order valence-electron chi connectivity index (χ4n) is 1.42. The largest absolute Gasteiger partial charge is 0.481 e. The molecule has 0 spiro atoms. The number of carbonyl (C=O) groups excluding carboxylic acids is 1. The number of carbonyl (C=O) groups is 2. The number of alkyl halides is 1. The van der Waals surface area contributed by atoms with Gasteiger partial charge >= 0.3 is 5.97 Å². The van der Waals surface area contributed by atoms with E-state index in [-0.39, 0.29) is 19.3 Å². The third-order valence-corrected chi connectivity index (χ3v) is 4.82. The summed E-state index contributed by atoms with van der Waals surface area (Å²) in [7, 11) is 2.92. The first kappa shape index (κ1) is 15.4. The third kappa shape index (κ3) is 5.30. The standard InChI is InChI=1S/C11H16FNO3S2/c12-11(4-1-2-5-11)10(16)13-6-8-18-17-7-3-9(14)15/h1-2H,3-8H2,(H,13,16)(H,14,15). The lowest BCUT2D eigenvalue weighted by atomic mass is 10.0. The number of hydrogen-bond acceptors (Lipinski definition) is 4. The monoisotopic (exact) mass is 293 g/mol. The van der Waals surface area contributed by atoms with Crippen LogP contribution in [0.3, 0.4) is 0 Å². The van der Waals surface area contributed by atoms with E-state index in [2.05, 4.69) is 5.32 Å². The lowest BCUT2D eigenvalue weighted by Gasteiger charge is -2.17. The Hall–Kier alpha value is -0.690. The van der Waals surface area contributed by atoms with Crippen molar-refractivity contribution >= 4 is 33.5 Å². The highest BCUT2D eigenvalue weighted by molar-refractivity contribution is 8.76. The normalized spacial score (nSPS) is 16.7. The van der Waals surface area contributed by atoms with E-state index in [1.807, 2.05) is 0 Å². The first-order valence-corrected chi connectivity index (χ1v) is 8.12. The van der Waals surface area contributed by atoms with E-state index < -0.39 is 17.5 Å². The van der Waals surface area contributed by atoms with E-state index in [0.717, 1.165) is 0 Å². The lowest BCUT2D eigenvalue weighted by molar-refractivity contribution is -0.136. The van der Waals surface area contributed by atoms with Crippen molar-refractivity contribution in [2.45, 2.75) is 24.9 Å². The highest BCUT2D eigenvalue weighted by atomic mass is 33.1. The van der Waals surface area contributed by atoms with Crippen LogP contribution in [0.25, 0.3) is 0 Å². The van der Waals surface area contributed by atoms with Gasteiger partial charge in [-0.2, -0.15) is 0 Å². The molecule has 0 aromatic carbocycles. The highest BCUT2D eigenvalue weighted by Crippen LogP contribution is 2.28. The number of aliphatic carboxylic acids is 1. The SMILES string of the molecule is O=C(O)CCSSCCNC(=O)C1(F)CC=CC1. The fraction of sp³-hybridized carbons (Fsp3) is 0.636. The molecule has 0 atom stereocenters. The summed E-state index contributed by atoms with van der Waals surface area (Å²) in [5, 5.41) is 11.0. The van der Waals surface area contributed by atoms with Crippen molar-refractivity contribution in [2.24, 2.45) is 0 Å². The topological polar surface area (TPSA) is 66.4 Å². The summed E-state index contributed by atoms with van der Waals surface area (Å²) in [6.07, 6.45) is 3.79. The van der Waals surface area contributed by atoms with Crippen LogP contribution in [0.2, 0.25) is 0 Å². The molecule has 0 heterocycles. The fourth-order valence-corrected chi connectivity index (χ4v) is 3.31. The second-order valence-corrected chi connectivity index (χ2v) is 6.59. The summed E-state index contributed by atoms with van der Waals surface area (Å²) in [6.45, 7) is 0.398. The minimum Gasteiger partial charge on any atom is -0.481 e.